The van der Waals surface area contributed by atoms with Crippen LogP contribution >= 0.6 is 0 Å². The number of hydrogen-bond donors (Lipinski definition) is 2. The van der Waals surface area contributed by atoms with E-state index in [-0.39, 0.29) is 17.9 Å². The van der Waals surface area contributed by atoms with Gasteiger partial charge >= 0.3 is 5.97 Å². The highest BCUT2D eigenvalue weighted by Gasteiger charge is 2.31. The van der Waals surface area contributed by atoms with Crippen molar-refractivity contribution in [2.24, 2.45) is 11.8 Å². The molecular formula is C19H25NO5. The highest BCUT2D eigenvalue weighted by molar-refractivity contribution is 5.93. The molecule has 2 aliphatic rings. The number of aliphatic carboxylic acids is 1. The van der Waals surface area contributed by atoms with E-state index in [1.165, 1.54) is 0 Å². The van der Waals surface area contributed by atoms with Gasteiger partial charge in [0, 0.05) is 18.2 Å². The van der Waals surface area contributed by atoms with Crippen LogP contribution in [0.3, 0.4) is 0 Å². The Morgan fingerprint density at radius 1 is 1.12 bits per heavy atom. The summed E-state index contributed by atoms with van der Waals surface area (Å²) in [7, 11) is 0. The number of nitrogens with one attached hydrogen (secondary N) is 1. The molecule has 25 heavy (non-hydrogen) atoms. The zero-order chi connectivity index (χ0) is 17.6. The van der Waals surface area contributed by atoms with E-state index >= 15 is 0 Å². The van der Waals surface area contributed by atoms with Gasteiger partial charge in [-0.1, -0.05) is 6.42 Å². The minimum Gasteiger partial charge on any atom is -0.491 e. The van der Waals surface area contributed by atoms with Gasteiger partial charge in [0.1, 0.15) is 12.4 Å². The predicted molar refractivity (Wildman–Crippen MR) is 92.6 cm³/mol. The van der Waals surface area contributed by atoms with Gasteiger partial charge in [-0.2, -0.15) is 0 Å². The topological polar surface area (TPSA) is 84.9 Å². The molecule has 1 saturated heterocycles. The van der Waals surface area contributed by atoms with Crippen LogP contribution in [0.4, 0.5) is 5.69 Å². The molecule has 1 saturated carbocycles. The quantitative estimate of drug-likeness (QED) is 0.826. The van der Waals surface area contributed by atoms with E-state index in [0.717, 1.165) is 38.0 Å². The number of carbonyl (C=O) groups excluding carboxylic acids is 1. The van der Waals surface area contributed by atoms with Gasteiger partial charge in [0.2, 0.25) is 5.91 Å². The molecule has 2 N–H and O–H groups in total. The molecule has 3 rings (SSSR count). The third-order valence-electron chi connectivity index (χ3n) is 4.98. The number of carboxylic acid groups (broad SMARTS) is 1. The Hall–Kier alpha value is -2.08. The van der Waals surface area contributed by atoms with Crippen molar-refractivity contribution in [2.75, 3.05) is 18.5 Å². The van der Waals surface area contributed by atoms with Gasteiger partial charge in [-0.25, -0.2) is 0 Å². The molecule has 0 aromatic heterocycles. The number of hydrogen-bond acceptors (Lipinski definition) is 4. The molecule has 2 fully saturated rings. The van der Waals surface area contributed by atoms with Crippen LogP contribution in [0.5, 0.6) is 5.75 Å². The number of rotatable bonds is 6. The lowest BCUT2D eigenvalue weighted by Gasteiger charge is -2.25. The highest BCUT2D eigenvalue weighted by atomic mass is 16.5. The lowest BCUT2D eigenvalue weighted by Crippen LogP contribution is -2.30. The van der Waals surface area contributed by atoms with Crippen LogP contribution < -0.4 is 10.1 Å². The first-order valence-electron chi connectivity index (χ1n) is 9.00. The molecule has 0 radical (unpaired) electrons. The van der Waals surface area contributed by atoms with Gasteiger partial charge in [-0.15, -0.1) is 0 Å². The molecule has 0 spiro atoms. The second-order valence-electron chi connectivity index (χ2n) is 6.86. The summed E-state index contributed by atoms with van der Waals surface area (Å²) in [6, 6.07) is 7.26. The van der Waals surface area contributed by atoms with Crippen molar-refractivity contribution in [3.63, 3.8) is 0 Å². The Bertz CT molecular complexity index is 594. The summed E-state index contributed by atoms with van der Waals surface area (Å²) < 4.78 is 11.2. The molecule has 0 bridgehead atoms. The first kappa shape index (κ1) is 17.7. The number of anilines is 1. The van der Waals surface area contributed by atoms with Gasteiger partial charge in [-0.05, 0) is 56.4 Å². The van der Waals surface area contributed by atoms with Crippen molar-refractivity contribution in [2.45, 2.75) is 44.6 Å². The van der Waals surface area contributed by atoms with Crippen LogP contribution in [-0.4, -0.2) is 36.3 Å². The van der Waals surface area contributed by atoms with Crippen molar-refractivity contribution in [3.8, 4) is 5.75 Å². The summed E-state index contributed by atoms with van der Waals surface area (Å²) in [4.78, 5) is 23.5. The molecule has 1 heterocycles. The van der Waals surface area contributed by atoms with E-state index in [1.54, 1.807) is 12.1 Å². The average Bonchev–Trinajstić information content (AvgIpc) is 3.15. The minimum absolute atomic E-state index is 0.0982. The van der Waals surface area contributed by atoms with Gasteiger partial charge in [0.15, 0.2) is 0 Å². The predicted octanol–water partition coefficient (Wildman–Crippen LogP) is 3.07. The summed E-state index contributed by atoms with van der Waals surface area (Å²) in [6.07, 6.45) is 4.91. The number of ether oxygens (including phenoxy) is 2. The summed E-state index contributed by atoms with van der Waals surface area (Å²) in [6.45, 7) is 1.35. The van der Waals surface area contributed by atoms with Crippen molar-refractivity contribution in [1.29, 1.82) is 0 Å². The van der Waals surface area contributed by atoms with Gasteiger partial charge in [0.25, 0.3) is 0 Å². The molecular weight excluding hydrogens is 322 g/mol. The van der Waals surface area contributed by atoms with Crippen LogP contribution in [0.15, 0.2) is 24.3 Å². The molecule has 1 aliphatic carbocycles. The standard InChI is InChI=1S/C19H25NO5/c21-18(13-3-1-4-14(11-13)19(22)23)20-15-6-8-16(9-7-15)25-12-17-5-2-10-24-17/h6-9,13-14,17H,1-5,10-12H2,(H,20,21)(H,22,23). The van der Waals surface area contributed by atoms with E-state index in [4.69, 9.17) is 14.6 Å². The summed E-state index contributed by atoms with van der Waals surface area (Å²) >= 11 is 0. The van der Waals surface area contributed by atoms with Gasteiger partial charge in [0.05, 0.1) is 12.0 Å². The lowest BCUT2D eigenvalue weighted by molar-refractivity contribution is -0.143. The Balaban J connectivity index is 1.48. The van der Waals surface area contributed by atoms with Crippen molar-refractivity contribution in [1.82, 2.24) is 0 Å². The van der Waals surface area contributed by atoms with Crippen molar-refractivity contribution in [3.05, 3.63) is 24.3 Å². The zero-order valence-corrected chi connectivity index (χ0v) is 14.3. The highest BCUT2D eigenvalue weighted by Crippen LogP contribution is 2.30. The summed E-state index contributed by atoms with van der Waals surface area (Å²) in [5.74, 6) is -0.787. The monoisotopic (exact) mass is 347 g/mol. The largest absolute Gasteiger partial charge is 0.491 e. The zero-order valence-electron chi connectivity index (χ0n) is 14.3. The van der Waals surface area contributed by atoms with E-state index in [2.05, 4.69) is 5.32 Å². The average molecular weight is 347 g/mol. The number of benzene rings is 1. The van der Waals surface area contributed by atoms with E-state index in [9.17, 15) is 9.59 Å². The van der Waals surface area contributed by atoms with E-state index in [0.29, 0.717) is 25.1 Å². The molecule has 136 valence electrons. The molecule has 1 aromatic carbocycles. The number of carbonyl (C=O) groups is 2. The van der Waals surface area contributed by atoms with E-state index < -0.39 is 11.9 Å². The smallest absolute Gasteiger partial charge is 0.306 e. The van der Waals surface area contributed by atoms with Crippen LogP contribution in [-0.2, 0) is 14.3 Å². The van der Waals surface area contributed by atoms with Gasteiger partial charge in [-0.3, -0.25) is 9.59 Å². The maximum Gasteiger partial charge on any atom is 0.306 e. The number of carboxylic acids is 1. The molecule has 1 aromatic rings. The van der Waals surface area contributed by atoms with Crippen molar-refractivity contribution < 1.29 is 24.2 Å². The van der Waals surface area contributed by atoms with Crippen LogP contribution in [0.1, 0.15) is 38.5 Å². The second kappa shape index (κ2) is 8.34. The Morgan fingerprint density at radius 3 is 2.56 bits per heavy atom. The first-order chi connectivity index (χ1) is 12.1. The molecule has 6 heteroatoms. The molecule has 3 unspecified atom stereocenters. The van der Waals surface area contributed by atoms with Crippen LogP contribution in [0, 0.1) is 11.8 Å². The fraction of sp³-hybridized carbons (Fsp3) is 0.579. The first-order valence-corrected chi connectivity index (χ1v) is 9.00. The molecule has 6 nitrogen and oxygen atoms in total. The maximum absolute atomic E-state index is 12.4. The van der Waals surface area contributed by atoms with Gasteiger partial charge < -0.3 is 19.9 Å². The SMILES string of the molecule is O=C(O)C1CCCC(C(=O)Nc2ccc(OCC3CCCO3)cc2)C1. The summed E-state index contributed by atoms with van der Waals surface area (Å²) in [5, 5.41) is 12.0. The molecule has 1 aliphatic heterocycles. The summed E-state index contributed by atoms with van der Waals surface area (Å²) in [5.41, 5.74) is 0.701. The fourth-order valence-corrected chi connectivity index (χ4v) is 3.50. The lowest BCUT2D eigenvalue weighted by atomic mass is 9.81. The number of amides is 1. The fourth-order valence-electron chi connectivity index (χ4n) is 3.50. The van der Waals surface area contributed by atoms with Crippen LogP contribution in [0.25, 0.3) is 0 Å². The third kappa shape index (κ3) is 4.95. The normalized spacial score (nSPS) is 26.2. The maximum atomic E-state index is 12.4. The van der Waals surface area contributed by atoms with E-state index in [1.807, 2.05) is 12.1 Å². The Labute approximate surface area is 147 Å². The molecule has 3 atom stereocenters. The minimum atomic E-state index is -0.801. The Kier molecular flexibility index (Phi) is 5.91. The Morgan fingerprint density at radius 2 is 1.88 bits per heavy atom. The van der Waals surface area contributed by atoms with Crippen LogP contribution in [0.2, 0.25) is 0 Å². The third-order valence-corrected chi connectivity index (χ3v) is 4.98. The second-order valence-corrected chi connectivity index (χ2v) is 6.86. The molecule has 1 amide bonds. The van der Waals surface area contributed by atoms with Crippen molar-refractivity contribution >= 4 is 17.6 Å².